The summed E-state index contributed by atoms with van der Waals surface area (Å²) in [5.74, 6) is 3.25. The first-order valence-corrected chi connectivity index (χ1v) is 10.7. The van der Waals surface area contributed by atoms with Crippen LogP contribution in [0.3, 0.4) is 0 Å². The number of morpholine rings is 1. The van der Waals surface area contributed by atoms with Gasteiger partial charge in [0.1, 0.15) is 0 Å². The quantitative estimate of drug-likeness (QED) is 0.831. The molecule has 2 saturated carbocycles. The second-order valence-corrected chi connectivity index (χ2v) is 8.84. The number of hydrogen-bond donors (Lipinski definition) is 1. The van der Waals surface area contributed by atoms with Gasteiger partial charge in [-0.1, -0.05) is 30.3 Å². The van der Waals surface area contributed by atoms with E-state index in [1.165, 1.54) is 36.2 Å². The van der Waals surface area contributed by atoms with E-state index < -0.39 is 0 Å². The highest BCUT2D eigenvalue weighted by atomic mass is 16.5. The van der Waals surface area contributed by atoms with E-state index >= 15 is 0 Å². The van der Waals surface area contributed by atoms with Gasteiger partial charge in [-0.25, -0.2) is 0 Å². The molecule has 1 N–H and O–H groups in total. The zero-order valence-electron chi connectivity index (χ0n) is 15.8. The molecular formula is C24H28N2O. The number of nitrogens with zero attached hydrogens (tertiary/aromatic N) is 1. The average Bonchev–Trinajstić information content (AvgIpc) is 3.37. The van der Waals surface area contributed by atoms with Crippen molar-refractivity contribution in [1.29, 1.82) is 0 Å². The van der Waals surface area contributed by atoms with Gasteiger partial charge in [0.25, 0.3) is 0 Å². The van der Waals surface area contributed by atoms with Gasteiger partial charge in [-0.2, -0.15) is 0 Å². The van der Waals surface area contributed by atoms with E-state index in [-0.39, 0.29) is 0 Å². The Balaban J connectivity index is 1.41. The SMILES string of the molecule is c1ccc(C2Nc3ccc(N4CCOCC4)cc3C3C4CCC(C4)C23)cc1. The monoisotopic (exact) mass is 360 g/mol. The van der Waals surface area contributed by atoms with Crippen molar-refractivity contribution in [2.45, 2.75) is 31.2 Å². The minimum Gasteiger partial charge on any atom is -0.378 e. The summed E-state index contributed by atoms with van der Waals surface area (Å²) in [5, 5.41) is 3.96. The number of rotatable bonds is 2. The van der Waals surface area contributed by atoms with Gasteiger partial charge in [-0.15, -0.1) is 0 Å². The molecule has 5 unspecified atom stereocenters. The van der Waals surface area contributed by atoms with Crippen molar-refractivity contribution in [3.8, 4) is 0 Å². The van der Waals surface area contributed by atoms with E-state index in [2.05, 4.69) is 58.7 Å². The van der Waals surface area contributed by atoms with Crippen LogP contribution in [0.4, 0.5) is 11.4 Å². The van der Waals surface area contributed by atoms with Gasteiger partial charge in [-0.3, -0.25) is 0 Å². The van der Waals surface area contributed by atoms with Crippen molar-refractivity contribution in [2.24, 2.45) is 17.8 Å². The summed E-state index contributed by atoms with van der Waals surface area (Å²) < 4.78 is 5.55. The second kappa shape index (κ2) is 6.27. The number of fused-ring (bicyclic) bond motifs is 7. The van der Waals surface area contributed by atoms with E-state index in [4.69, 9.17) is 4.74 Å². The van der Waals surface area contributed by atoms with Crippen LogP contribution in [0, 0.1) is 17.8 Å². The summed E-state index contributed by atoms with van der Waals surface area (Å²) in [6.45, 7) is 3.72. The van der Waals surface area contributed by atoms with Crippen molar-refractivity contribution < 1.29 is 4.74 Å². The van der Waals surface area contributed by atoms with Gasteiger partial charge >= 0.3 is 0 Å². The van der Waals surface area contributed by atoms with Gasteiger partial charge in [0.15, 0.2) is 0 Å². The summed E-state index contributed by atoms with van der Waals surface area (Å²) in [6, 6.07) is 18.8. The largest absolute Gasteiger partial charge is 0.378 e. The topological polar surface area (TPSA) is 24.5 Å². The molecule has 0 amide bonds. The molecule has 3 nitrogen and oxygen atoms in total. The lowest BCUT2D eigenvalue weighted by Crippen LogP contribution is -2.37. The second-order valence-electron chi connectivity index (χ2n) is 8.84. The Kier molecular flexibility index (Phi) is 3.72. The lowest BCUT2D eigenvalue weighted by atomic mass is 9.68. The third-order valence-corrected chi connectivity index (χ3v) is 7.61. The number of anilines is 2. The average molecular weight is 361 g/mol. The molecule has 2 aromatic rings. The van der Waals surface area contributed by atoms with E-state index in [0.29, 0.717) is 6.04 Å². The summed E-state index contributed by atoms with van der Waals surface area (Å²) in [7, 11) is 0. The molecule has 0 spiro atoms. The van der Waals surface area contributed by atoms with Crippen molar-refractivity contribution in [1.82, 2.24) is 0 Å². The van der Waals surface area contributed by atoms with Gasteiger partial charge < -0.3 is 15.0 Å². The lowest BCUT2D eigenvalue weighted by molar-refractivity contribution is 0.122. The van der Waals surface area contributed by atoms with Crippen molar-refractivity contribution in [2.75, 3.05) is 36.5 Å². The van der Waals surface area contributed by atoms with Crippen LogP contribution in [0.15, 0.2) is 48.5 Å². The third-order valence-electron chi connectivity index (χ3n) is 7.61. The number of nitrogens with one attached hydrogen (secondary N) is 1. The fourth-order valence-corrected chi connectivity index (χ4v) is 6.48. The molecule has 2 aliphatic carbocycles. The summed E-state index contributed by atoms with van der Waals surface area (Å²) in [5.41, 5.74) is 5.81. The Bertz CT molecular complexity index is 830. The normalized spacial score (nSPS) is 34.1. The zero-order chi connectivity index (χ0) is 17.8. The molecule has 2 aromatic carbocycles. The molecule has 2 aliphatic heterocycles. The van der Waals surface area contributed by atoms with Crippen LogP contribution in [0.1, 0.15) is 42.3 Å². The fraction of sp³-hybridized carbons (Fsp3) is 0.500. The first kappa shape index (κ1) is 16.0. The fourth-order valence-electron chi connectivity index (χ4n) is 6.48. The predicted molar refractivity (Wildman–Crippen MR) is 109 cm³/mol. The van der Waals surface area contributed by atoms with Crippen LogP contribution in [0.5, 0.6) is 0 Å². The van der Waals surface area contributed by atoms with Crippen LogP contribution in [-0.2, 0) is 4.74 Å². The molecule has 4 aliphatic rings. The highest BCUT2D eigenvalue weighted by Crippen LogP contribution is 2.63. The van der Waals surface area contributed by atoms with E-state index in [9.17, 15) is 0 Å². The Morgan fingerprint density at radius 2 is 1.74 bits per heavy atom. The molecule has 27 heavy (non-hydrogen) atoms. The molecular weight excluding hydrogens is 332 g/mol. The molecule has 3 heteroatoms. The maximum Gasteiger partial charge on any atom is 0.0642 e. The maximum atomic E-state index is 5.55. The van der Waals surface area contributed by atoms with Gasteiger partial charge in [0.05, 0.1) is 19.3 Å². The molecule has 2 bridgehead atoms. The summed E-state index contributed by atoms with van der Waals surface area (Å²) in [4.78, 5) is 2.50. The smallest absolute Gasteiger partial charge is 0.0642 e. The van der Waals surface area contributed by atoms with E-state index in [1.54, 1.807) is 5.56 Å². The molecule has 6 rings (SSSR count). The first-order valence-electron chi connectivity index (χ1n) is 10.7. The number of hydrogen-bond acceptors (Lipinski definition) is 3. The standard InChI is InChI=1S/C24H28N2O/c1-2-4-16(5-3-1)24-23-18-7-6-17(14-18)22(23)20-15-19(8-9-21(20)25-24)26-10-12-27-13-11-26/h1-5,8-9,15,17-18,22-25H,6-7,10-14H2. The molecule has 0 aromatic heterocycles. The van der Waals surface area contributed by atoms with Crippen LogP contribution in [0.2, 0.25) is 0 Å². The highest BCUT2D eigenvalue weighted by molar-refractivity contribution is 5.65. The molecule has 2 heterocycles. The van der Waals surface area contributed by atoms with E-state index in [1.807, 2.05) is 0 Å². The summed E-state index contributed by atoms with van der Waals surface area (Å²) >= 11 is 0. The molecule has 1 saturated heterocycles. The highest BCUT2D eigenvalue weighted by Gasteiger charge is 2.53. The molecule has 0 radical (unpaired) electrons. The van der Waals surface area contributed by atoms with Gasteiger partial charge in [0, 0.05) is 24.5 Å². The van der Waals surface area contributed by atoms with Crippen LogP contribution >= 0.6 is 0 Å². The Morgan fingerprint density at radius 3 is 2.59 bits per heavy atom. The minimum absolute atomic E-state index is 0.466. The number of benzene rings is 2. The van der Waals surface area contributed by atoms with Crippen LogP contribution in [0.25, 0.3) is 0 Å². The van der Waals surface area contributed by atoms with Crippen molar-refractivity contribution >= 4 is 11.4 Å². The Hall–Kier alpha value is -2.00. The molecule has 5 atom stereocenters. The Morgan fingerprint density at radius 1 is 0.926 bits per heavy atom. The third kappa shape index (κ3) is 2.51. The maximum absolute atomic E-state index is 5.55. The van der Waals surface area contributed by atoms with Crippen LogP contribution < -0.4 is 10.2 Å². The molecule has 140 valence electrons. The van der Waals surface area contributed by atoms with Crippen LogP contribution in [-0.4, -0.2) is 26.3 Å². The minimum atomic E-state index is 0.466. The van der Waals surface area contributed by atoms with Gasteiger partial charge in [0.2, 0.25) is 0 Å². The summed E-state index contributed by atoms with van der Waals surface area (Å²) in [6.07, 6.45) is 4.28. The van der Waals surface area contributed by atoms with Crippen molar-refractivity contribution in [3.05, 3.63) is 59.7 Å². The molecule has 3 fully saturated rings. The first-order chi connectivity index (χ1) is 13.4. The zero-order valence-corrected chi connectivity index (χ0v) is 15.8. The van der Waals surface area contributed by atoms with Gasteiger partial charge in [-0.05, 0) is 72.3 Å². The Labute approximate surface area is 161 Å². The van der Waals surface area contributed by atoms with Crippen molar-refractivity contribution in [3.63, 3.8) is 0 Å². The van der Waals surface area contributed by atoms with E-state index in [0.717, 1.165) is 50.0 Å². The predicted octanol–water partition coefficient (Wildman–Crippen LogP) is 4.82. The number of ether oxygens (including phenoxy) is 1. The lowest BCUT2D eigenvalue weighted by Gasteiger charge is -2.44.